The molecule has 7 rings (SSSR count). The van der Waals surface area contributed by atoms with E-state index in [4.69, 9.17) is 0 Å². The van der Waals surface area contributed by atoms with Gasteiger partial charge in [0.25, 0.3) is 0 Å². The van der Waals surface area contributed by atoms with Gasteiger partial charge < -0.3 is 4.90 Å². The summed E-state index contributed by atoms with van der Waals surface area (Å²) in [6.07, 6.45) is 0. The van der Waals surface area contributed by atoms with E-state index < -0.39 is 0 Å². The van der Waals surface area contributed by atoms with E-state index in [0.29, 0.717) is 0 Å². The van der Waals surface area contributed by atoms with Crippen molar-refractivity contribution < 1.29 is 0 Å². The molecule has 0 fully saturated rings. The van der Waals surface area contributed by atoms with Crippen LogP contribution in [0.25, 0.3) is 33.4 Å². The molecular formula is C42H37N. The molecule has 0 atom stereocenters. The molecule has 0 saturated heterocycles. The van der Waals surface area contributed by atoms with Crippen molar-refractivity contribution in [3.63, 3.8) is 0 Å². The lowest BCUT2D eigenvalue weighted by Gasteiger charge is -2.48. The number of fused-ring (bicyclic) bond motifs is 3. The van der Waals surface area contributed by atoms with E-state index in [1.807, 2.05) is 0 Å². The molecule has 0 spiro atoms. The topological polar surface area (TPSA) is 3.24 Å². The minimum atomic E-state index is -0.0295. The van der Waals surface area contributed by atoms with Gasteiger partial charge in [-0.05, 0) is 97.8 Å². The van der Waals surface area contributed by atoms with E-state index >= 15 is 0 Å². The minimum Gasteiger partial charge on any atom is -0.310 e. The Hall–Kier alpha value is -4.88. The Morgan fingerprint density at radius 3 is 1.49 bits per heavy atom. The van der Waals surface area contributed by atoms with Gasteiger partial charge in [0.15, 0.2) is 0 Å². The lowest BCUT2D eigenvalue weighted by atomic mass is 9.55. The first kappa shape index (κ1) is 27.0. The van der Waals surface area contributed by atoms with Crippen LogP contribution in [-0.4, -0.2) is 0 Å². The first-order chi connectivity index (χ1) is 20.8. The van der Waals surface area contributed by atoms with Gasteiger partial charge in [-0.15, -0.1) is 0 Å². The second kappa shape index (κ2) is 10.4. The van der Waals surface area contributed by atoms with E-state index in [-0.39, 0.29) is 10.8 Å². The molecule has 0 aliphatic heterocycles. The van der Waals surface area contributed by atoms with Gasteiger partial charge in [0.1, 0.15) is 0 Å². The third-order valence-electron chi connectivity index (χ3n) is 9.81. The van der Waals surface area contributed by atoms with Gasteiger partial charge in [0.2, 0.25) is 0 Å². The van der Waals surface area contributed by atoms with Crippen LogP contribution in [0.4, 0.5) is 17.1 Å². The molecule has 1 heteroatoms. The third kappa shape index (κ3) is 4.57. The number of hydrogen-bond donors (Lipinski definition) is 0. The van der Waals surface area contributed by atoms with Crippen LogP contribution in [0.15, 0.2) is 152 Å². The molecule has 0 heterocycles. The molecule has 0 aromatic heterocycles. The highest BCUT2D eigenvalue weighted by atomic mass is 15.1. The highest BCUT2D eigenvalue weighted by Crippen LogP contribution is 2.54. The van der Waals surface area contributed by atoms with Crippen molar-refractivity contribution in [2.75, 3.05) is 4.90 Å². The Bertz CT molecular complexity index is 1910. The Labute approximate surface area is 256 Å². The zero-order valence-corrected chi connectivity index (χ0v) is 25.4. The first-order valence-corrected chi connectivity index (χ1v) is 15.2. The molecule has 43 heavy (non-hydrogen) atoms. The molecule has 0 unspecified atom stereocenters. The highest BCUT2D eigenvalue weighted by Gasteiger charge is 2.45. The fraction of sp³-hybridized carbons (Fsp3) is 0.143. The van der Waals surface area contributed by atoms with Crippen LogP contribution in [0.3, 0.4) is 0 Å². The molecule has 0 radical (unpaired) electrons. The van der Waals surface area contributed by atoms with Crippen LogP contribution < -0.4 is 4.90 Å². The van der Waals surface area contributed by atoms with Crippen LogP contribution in [0.5, 0.6) is 0 Å². The second-order valence-corrected chi connectivity index (χ2v) is 12.7. The van der Waals surface area contributed by atoms with Gasteiger partial charge in [-0.1, -0.05) is 137 Å². The Balaban J connectivity index is 1.35. The van der Waals surface area contributed by atoms with Crippen LogP contribution in [0, 0.1) is 0 Å². The van der Waals surface area contributed by atoms with Gasteiger partial charge in [0.05, 0.1) is 0 Å². The number of para-hydroxylation sites is 1. The van der Waals surface area contributed by atoms with Gasteiger partial charge >= 0.3 is 0 Å². The zero-order valence-electron chi connectivity index (χ0n) is 25.4. The van der Waals surface area contributed by atoms with Crippen molar-refractivity contribution in [2.45, 2.75) is 38.5 Å². The normalized spacial score (nSPS) is 14.4. The van der Waals surface area contributed by atoms with Crippen molar-refractivity contribution in [3.8, 4) is 33.4 Å². The Morgan fingerprint density at radius 1 is 0.349 bits per heavy atom. The van der Waals surface area contributed by atoms with Crippen LogP contribution >= 0.6 is 0 Å². The molecule has 0 amide bonds. The van der Waals surface area contributed by atoms with Crippen molar-refractivity contribution in [1.29, 1.82) is 0 Å². The minimum absolute atomic E-state index is 0.00490. The van der Waals surface area contributed by atoms with E-state index in [0.717, 1.165) is 17.1 Å². The number of nitrogens with zero attached hydrogens (tertiary/aromatic N) is 1. The van der Waals surface area contributed by atoms with Crippen LogP contribution in [0.1, 0.15) is 38.8 Å². The van der Waals surface area contributed by atoms with Gasteiger partial charge in [-0.3, -0.25) is 0 Å². The van der Waals surface area contributed by atoms with E-state index in [1.165, 1.54) is 44.5 Å². The third-order valence-corrected chi connectivity index (χ3v) is 9.81. The Kier molecular flexibility index (Phi) is 6.55. The van der Waals surface area contributed by atoms with Gasteiger partial charge in [-0.2, -0.15) is 0 Å². The summed E-state index contributed by atoms with van der Waals surface area (Å²) in [7, 11) is 0. The highest BCUT2D eigenvalue weighted by molar-refractivity contribution is 5.84. The number of hydrogen-bond acceptors (Lipinski definition) is 1. The molecule has 210 valence electrons. The molecule has 0 N–H and O–H groups in total. The zero-order chi connectivity index (χ0) is 29.6. The largest absolute Gasteiger partial charge is 0.310 e. The van der Waals surface area contributed by atoms with Gasteiger partial charge in [0, 0.05) is 17.1 Å². The SMILES string of the molecule is CC1(C)c2ccccc2-c2ccc(-c3cccc(N(c4ccccc4)c4cccc(-c5ccccc5)c4)c3)cc2C1(C)C. The molecule has 1 aliphatic carbocycles. The maximum Gasteiger partial charge on any atom is 0.0467 e. The lowest BCUT2D eigenvalue weighted by Crippen LogP contribution is -2.43. The predicted octanol–water partition coefficient (Wildman–Crippen LogP) is 11.7. The van der Waals surface area contributed by atoms with E-state index in [9.17, 15) is 0 Å². The van der Waals surface area contributed by atoms with Crippen molar-refractivity contribution in [1.82, 2.24) is 0 Å². The van der Waals surface area contributed by atoms with Crippen molar-refractivity contribution in [3.05, 3.63) is 163 Å². The fourth-order valence-electron chi connectivity index (χ4n) is 6.72. The quantitative estimate of drug-likeness (QED) is 0.204. The molecule has 1 nitrogen and oxygen atoms in total. The van der Waals surface area contributed by atoms with E-state index in [2.05, 4.69) is 184 Å². The standard InChI is InChI=1S/C42H37N/c1-41(2)39-24-12-11-23-37(39)38-26-25-33(29-40(38)42(41,3)4)32-18-14-22-36(28-32)43(34-19-9-6-10-20-34)35-21-13-17-31(27-35)30-15-7-5-8-16-30/h5-29H,1-4H3. The summed E-state index contributed by atoms with van der Waals surface area (Å²) in [5, 5.41) is 0. The fourth-order valence-corrected chi connectivity index (χ4v) is 6.72. The van der Waals surface area contributed by atoms with Gasteiger partial charge in [-0.25, -0.2) is 0 Å². The molecular weight excluding hydrogens is 518 g/mol. The molecule has 6 aromatic rings. The van der Waals surface area contributed by atoms with E-state index in [1.54, 1.807) is 0 Å². The summed E-state index contributed by atoms with van der Waals surface area (Å²) in [5.74, 6) is 0. The maximum atomic E-state index is 2.44. The summed E-state index contributed by atoms with van der Waals surface area (Å²) < 4.78 is 0. The summed E-state index contributed by atoms with van der Waals surface area (Å²) in [4.78, 5) is 2.36. The molecule has 0 saturated carbocycles. The maximum absolute atomic E-state index is 2.44. The van der Waals surface area contributed by atoms with Crippen LogP contribution in [-0.2, 0) is 10.8 Å². The van der Waals surface area contributed by atoms with Crippen molar-refractivity contribution >= 4 is 17.1 Å². The average molecular weight is 556 g/mol. The average Bonchev–Trinajstić information content (AvgIpc) is 3.05. The number of rotatable bonds is 5. The summed E-state index contributed by atoms with van der Waals surface area (Å²) in [6, 6.07) is 55.1. The molecule has 1 aliphatic rings. The molecule has 0 bridgehead atoms. The summed E-state index contributed by atoms with van der Waals surface area (Å²) in [6.45, 7) is 9.59. The number of anilines is 3. The van der Waals surface area contributed by atoms with Crippen LogP contribution in [0.2, 0.25) is 0 Å². The summed E-state index contributed by atoms with van der Waals surface area (Å²) in [5.41, 5.74) is 13.8. The second-order valence-electron chi connectivity index (χ2n) is 12.7. The van der Waals surface area contributed by atoms with Crippen molar-refractivity contribution in [2.24, 2.45) is 0 Å². The predicted molar refractivity (Wildman–Crippen MR) is 183 cm³/mol. The smallest absolute Gasteiger partial charge is 0.0467 e. The monoisotopic (exact) mass is 555 g/mol. The first-order valence-electron chi connectivity index (χ1n) is 15.2. The summed E-state index contributed by atoms with van der Waals surface area (Å²) >= 11 is 0. The molecule has 6 aromatic carbocycles. The Morgan fingerprint density at radius 2 is 0.814 bits per heavy atom. The number of benzene rings is 6. The lowest BCUT2D eigenvalue weighted by molar-refractivity contribution is 0.299.